The van der Waals surface area contributed by atoms with Crippen molar-refractivity contribution < 1.29 is 8.42 Å². The van der Waals surface area contributed by atoms with Crippen LogP contribution in [0.3, 0.4) is 0 Å². The summed E-state index contributed by atoms with van der Waals surface area (Å²) in [6.45, 7) is 3.60. The van der Waals surface area contributed by atoms with Gasteiger partial charge in [0.1, 0.15) is 4.90 Å². The highest BCUT2D eigenvalue weighted by Gasteiger charge is 2.30. The summed E-state index contributed by atoms with van der Waals surface area (Å²) in [5.41, 5.74) is 0.905. The van der Waals surface area contributed by atoms with Crippen LogP contribution in [0.4, 0.5) is 0 Å². The summed E-state index contributed by atoms with van der Waals surface area (Å²) in [6.07, 6.45) is 2.82. The van der Waals surface area contributed by atoms with Crippen molar-refractivity contribution in [3.05, 3.63) is 11.4 Å². The molecule has 0 fully saturated rings. The lowest BCUT2D eigenvalue weighted by atomic mass is 10.3. The molecular weight excluding hydrogens is 306 g/mol. The third-order valence-electron chi connectivity index (χ3n) is 3.09. The second kappa shape index (κ2) is 6.97. The third kappa shape index (κ3) is 3.65. The van der Waals surface area contributed by atoms with E-state index < -0.39 is 10.0 Å². The first-order chi connectivity index (χ1) is 8.86. The first-order valence-corrected chi connectivity index (χ1v) is 9.29. The monoisotopic (exact) mass is 325 g/mol. The highest BCUT2D eigenvalue weighted by molar-refractivity contribution is 7.98. The van der Waals surface area contributed by atoms with E-state index in [1.165, 1.54) is 4.31 Å². The molecule has 0 aliphatic heterocycles. The number of alkyl halides is 1. The molecule has 5 nitrogen and oxygen atoms in total. The predicted molar refractivity (Wildman–Crippen MR) is 80.3 cm³/mol. The maximum atomic E-state index is 12.6. The Morgan fingerprint density at radius 2 is 2.16 bits per heavy atom. The lowest BCUT2D eigenvalue weighted by molar-refractivity contribution is 0.382. The Labute approximate surface area is 124 Å². The number of thioether (sulfide) groups is 1. The van der Waals surface area contributed by atoms with Gasteiger partial charge in [-0.05, 0) is 32.3 Å². The van der Waals surface area contributed by atoms with Gasteiger partial charge in [0, 0.05) is 13.1 Å². The molecule has 1 rings (SSSR count). The van der Waals surface area contributed by atoms with E-state index in [1.54, 1.807) is 25.7 Å². The molecule has 0 amide bonds. The molecule has 1 aromatic heterocycles. The van der Waals surface area contributed by atoms with Gasteiger partial charge in [0.25, 0.3) is 0 Å². The van der Waals surface area contributed by atoms with Crippen molar-refractivity contribution in [2.45, 2.75) is 37.1 Å². The molecule has 0 spiro atoms. The van der Waals surface area contributed by atoms with Crippen molar-refractivity contribution in [1.82, 2.24) is 14.5 Å². The topological polar surface area (TPSA) is 66.1 Å². The fourth-order valence-corrected chi connectivity index (χ4v) is 4.32. The zero-order chi connectivity index (χ0) is 14.6. The predicted octanol–water partition coefficient (Wildman–Crippen LogP) is 2.22. The van der Waals surface area contributed by atoms with Crippen LogP contribution < -0.4 is 0 Å². The largest absolute Gasteiger partial charge is 0.281 e. The van der Waals surface area contributed by atoms with Gasteiger partial charge in [0.05, 0.1) is 17.3 Å². The molecule has 1 N–H and O–H groups in total. The van der Waals surface area contributed by atoms with Crippen molar-refractivity contribution >= 4 is 33.4 Å². The van der Waals surface area contributed by atoms with E-state index in [1.807, 2.05) is 13.2 Å². The van der Waals surface area contributed by atoms with Crippen LogP contribution in [0.5, 0.6) is 0 Å². The van der Waals surface area contributed by atoms with E-state index in [2.05, 4.69) is 10.2 Å². The molecule has 110 valence electrons. The molecule has 0 bridgehead atoms. The number of H-pyrrole nitrogens is 1. The maximum Gasteiger partial charge on any atom is 0.246 e. The molecule has 1 atom stereocenters. The van der Waals surface area contributed by atoms with Crippen molar-refractivity contribution in [3.8, 4) is 0 Å². The van der Waals surface area contributed by atoms with E-state index in [0.717, 1.165) is 12.2 Å². The highest BCUT2D eigenvalue weighted by atomic mass is 35.5. The number of aromatic amines is 1. The summed E-state index contributed by atoms with van der Waals surface area (Å²) in [5, 5.41) is 6.62. The van der Waals surface area contributed by atoms with Crippen molar-refractivity contribution in [3.63, 3.8) is 0 Å². The van der Waals surface area contributed by atoms with Gasteiger partial charge in [-0.3, -0.25) is 5.10 Å². The molecule has 8 heteroatoms. The molecule has 1 heterocycles. The van der Waals surface area contributed by atoms with Gasteiger partial charge in [0.2, 0.25) is 10.0 Å². The lowest BCUT2D eigenvalue weighted by Crippen LogP contribution is -2.36. The number of aryl methyl sites for hydroxylation is 1. The number of aromatic nitrogens is 2. The Kier molecular flexibility index (Phi) is 6.16. The summed E-state index contributed by atoms with van der Waals surface area (Å²) in [5.74, 6) is 1.000. The molecule has 0 saturated carbocycles. The van der Waals surface area contributed by atoms with Crippen LogP contribution in [0, 0.1) is 6.92 Å². The fourth-order valence-electron chi connectivity index (χ4n) is 1.75. The molecule has 0 aromatic carbocycles. The number of halogens is 1. The minimum absolute atomic E-state index is 0.0603. The second-order valence-corrected chi connectivity index (χ2v) is 7.60. The average Bonchev–Trinajstić information content (AvgIpc) is 2.76. The van der Waals surface area contributed by atoms with Crippen molar-refractivity contribution in [2.24, 2.45) is 0 Å². The Morgan fingerprint density at radius 3 is 2.68 bits per heavy atom. The summed E-state index contributed by atoms with van der Waals surface area (Å²) < 4.78 is 26.6. The SMILES string of the molecule is CSCCC(C)N(C)S(=O)(=O)c1c(CCl)n[nH]c1C. The van der Waals surface area contributed by atoms with Gasteiger partial charge in [-0.2, -0.15) is 21.2 Å². The number of nitrogens with zero attached hydrogens (tertiary/aromatic N) is 2. The van der Waals surface area contributed by atoms with Crippen LogP contribution in [-0.4, -0.2) is 48.0 Å². The number of nitrogens with one attached hydrogen (secondary N) is 1. The van der Waals surface area contributed by atoms with Gasteiger partial charge in [0.15, 0.2) is 0 Å². The number of hydrogen-bond acceptors (Lipinski definition) is 4. The van der Waals surface area contributed by atoms with E-state index in [9.17, 15) is 8.42 Å². The minimum Gasteiger partial charge on any atom is -0.281 e. The quantitative estimate of drug-likeness (QED) is 0.781. The van der Waals surface area contributed by atoms with Crippen LogP contribution in [0.15, 0.2) is 4.90 Å². The Morgan fingerprint density at radius 1 is 1.53 bits per heavy atom. The van der Waals surface area contributed by atoms with Crippen LogP contribution in [0.2, 0.25) is 0 Å². The zero-order valence-corrected chi connectivity index (χ0v) is 14.0. The van der Waals surface area contributed by atoms with Crippen LogP contribution in [0.1, 0.15) is 24.7 Å². The second-order valence-electron chi connectivity index (χ2n) is 4.41. The van der Waals surface area contributed by atoms with Gasteiger partial charge < -0.3 is 0 Å². The maximum absolute atomic E-state index is 12.6. The molecular formula is C11H20ClN3O2S2. The standard InChI is InChI=1S/C11H20ClN3O2S2/c1-8(5-6-18-4)15(3)19(16,17)11-9(2)13-14-10(11)7-12/h8H,5-7H2,1-4H3,(H,13,14). The van der Waals surface area contributed by atoms with Gasteiger partial charge >= 0.3 is 0 Å². The smallest absolute Gasteiger partial charge is 0.246 e. The number of rotatable bonds is 7. The van der Waals surface area contributed by atoms with Crippen molar-refractivity contribution in [2.75, 3.05) is 19.1 Å². The Balaban J connectivity index is 3.06. The molecule has 1 aromatic rings. The Bertz CT molecular complexity index is 516. The Hall–Kier alpha value is -0.240. The summed E-state index contributed by atoms with van der Waals surface area (Å²) >= 11 is 7.46. The summed E-state index contributed by atoms with van der Waals surface area (Å²) in [7, 11) is -1.95. The van der Waals surface area contributed by atoms with Gasteiger partial charge in [-0.1, -0.05) is 0 Å². The molecule has 0 aliphatic rings. The average molecular weight is 326 g/mol. The molecule has 0 radical (unpaired) electrons. The zero-order valence-electron chi connectivity index (χ0n) is 11.6. The number of sulfonamides is 1. The minimum atomic E-state index is -3.55. The normalized spacial score (nSPS) is 14.0. The van der Waals surface area contributed by atoms with E-state index in [0.29, 0.717) is 11.4 Å². The lowest BCUT2D eigenvalue weighted by Gasteiger charge is -2.24. The highest BCUT2D eigenvalue weighted by Crippen LogP contribution is 2.24. The fraction of sp³-hybridized carbons (Fsp3) is 0.727. The van der Waals surface area contributed by atoms with Crippen LogP contribution >= 0.6 is 23.4 Å². The third-order valence-corrected chi connectivity index (χ3v) is 6.16. The first kappa shape index (κ1) is 16.8. The van der Waals surface area contributed by atoms with Gasteiger partial charge in [-0.15, -0.1) is 11.6 Å². The molecule has 19 heavy (non-hydrogen) atoms. The van der Waals surface area contributed by atoms with Crippen LogP contribution in [0.25, 0.3) is 0 Å². The molecule has 1 unspecified atom stereocenters. The molecule has 0 saturated heterocycles. The van der Waals surface area contributed by atoms with Crippen LogP contribution in [-0.2, 0) is 15.9 Å². The molecule has 0 aliphatic carbocycles. The van der Waals surface area contributed by atoms with Gasteiger partial charge in [-0.25, -0.2) is 8.42 Å². The summed E-state index contributed by atoms with van der Waals surface area (Å²) in [6, 6.07) is -0.0603. The van der Waals surface area contributed by atoms with E-state index >= 15 is 0 Å². The summed E-state index contributed by atoms with van der Waals surface area (Å²) in [4.78, 5) is 0.209. The first-order valence-electron chi connectivity index (χ1n) is 5.93. The van der Waals surface area contributed by atoms with E-state index in [4.69, 9.17) is 11.6 Å². The van der Waals surface area contributed by atoms with E-state index in [-0.39, 0.29) is 16.8 Å². The number of hydrogen-bond donors (Lipinski definition) is 1. The van der Waals surface area contributed by atoms with Crippen molar-refractivity contribution in [1.29, 1.82) is 0 Å².